The van der Waals surface area contributed by atoms with Crippen LogP contribution in [0.3, 0.4) is 0 Å². The van der Waals surface area contributed by atoms with Gasteiger partial charge in [0.15, 0.2) is 28.9 Å². The summed E-state index contributed by atoms with van der Waals surface area (Å²) in [6.07, 6.45) is 13.5. The largest absolute Gasteiger partial charge is 0.385 e. The Balaban J connectivity index is 0.000000646. The second-order valence-electron chi connectivity index (χ2n) is 43.1. The topological polar surface area (TPSA) is 250 Å². The average molecular weight is 1440 g/mol. The van der Waals surface area contributed by atoms with E-state index in [4.69, 9.17) is 14.2 Å². The quantitative estimate of drug-likeness (QED) is 0.0910. The number of aliphatic hydroxyl groups excluding tert-OH is 1. The van der Waals surface area contributed by atoms with Gasteiger partial charge in [0.1, 0.15) is 6.10 Å². The lowest BCUT2D eigenvalue weighted by Gasteiger charge is -2.37. The normalized spacial score (nSPS) is 23.5. The average Bonchev–Trinajstić information content (AvgIpc) is 1.46. The number of Topliss-reactive ketones (excluding diaryl/α,β-unsaturated/α-hetero) is 5. The molecule has 4 amide bonds. The molecule has 0 radical (unpaired) electrons. The lowest BCUT2D eigenvalue weighted by Crippen LogP contribution is -2.53. The first-order valence-corrected chi connectivity index (χ1v) is 38.9. The molecular weight excluding hydrogens is 1280 g/mol. The second kappa shape index (κ2) is 37.3. The van der Waals surface area contributed by atoms with Crippen LogP contribution in [0.15, 0.2) is 0 Å². The third-order valence-electron chi connectivity index (χ3n) is 20.7. The number of amides is 4. The molecule has 594 valence electrons. The van der Waals surface area contributed by atoms with E-state index in [1.54, 1.807) is 0 Å². The van der Waals surface area contributed by atoms with E-state index in [2.05, 4.69) is 55.9 Å². The number of ether oxygens (including phenoxy) is 3. The molecular formula is C85H156N4O13. The van der Waals surface area contributed by atoms with Crippen LogP contribution in [0, 0.1) is 82.7 Å². The molecule has 4 saturated heterocycles. The summed E-state index contributed by atoms with van der Waals surface area (Å²) in [5.74, 6) is 1.39. The molecule has 17 nitrogen and oxygen atoms in total. The molecule has 10 atom stereocenters. The maximum atomic E-state index is 12.7. The van der Waals surface area contributed by atoms with E-state index < -0.39 is 57.3 Å². The first-order chi connectivity index (χ1) is 45.4. The first-order valence-electron chi connectivity index (χ1n) is 38.9. The van der Waals surface area contributed by atoms with E-state index >= 15 is 0 Å². The fourth-order valence-corrected chi connectivity index (χ4v) is 13.6. The summed E-state index contributed by atoms with van der Waals surface area (Å²) in [7, 11) is 0. The van der Waals surface area contributed by atoms with Gasteiger partial charge in [0.25, 0.3) is 0 Å². The zero-order valence-corrected chi connectivity index (χ0v) is 71.8. The number of rotatable bonds is 17. The Labute approximate surface area is 622 Å². The minimum atomic E-state index is -0.863. The van der Waals surface area contributed by atoms with E-state index in [1.807, 2.05) is 208 Å². The van der Waals surface area contributed by atoms with E-state index in [9.17, 15) is 48.3 Å². The van der Waals surface area contributed by atoms with Crippen LogP contribution in [-0.2, 0) is 57.4 Å². The second-order valence-corrected chi connectivity index (χ2v) is 43.1. The van der Waals surface area contributed by atoms with Crippen LogP contribution in [0.1, 0.15) is 339 Å². The van der Waals surface area contributed by atoms with E-state index in [0.717, 1.165) is 57.8 Å². The van der Waals surface area contributed by atoms with Crippen molar-refractivity contribution in [3.05, 3.63) is 0 Å². The molecule has 0 aromatic heterocycles. The van der Waals surface area contributed by atoms with Crippen molar-refractivity contribution in [2.24, 2.45) is 82.7 Å². The highest BCUT2D eigenvalue weighted by atomic mass is 16.5. The molecule has 5 aliphatic rings. The molecule has 4 heterocycles. The molecule has 5 N–H and O–H groups in total. The summed E-state index contributed by atoms with van der Waals surface area (Å²) in [4.78, 5) is 112. The van der Waals surface area contributed by atoms with Gasteiger partial charge >= 0.3 is 0 Å². The lowest BCUT2D eigenvalue weighted by molar-refractivity contribution is -0.140. The van der Waals surface area contributed by atoms with Crippen molar-refractivity contribution in [3.8, 4) is 0 Å². The van der Waals surface area contributed by atoms with Crippen LogP contribution in [0.2, 0.25) is 0 Å². The number of nitrogens with one attached hydrogen (secondary N) is 4. The van der Waals surface area contributed by atoms with Gasteiger partial charge in [0, 0.05) is 66.0 Å². The van der Waals surface area contributed by atoms with Gasteiger partial charge in [-0.1, -0.05) is 228 Å². The highest BCUT2D eigenvalue weighted by Gasteiger charge is 2.46. The molecule has 4 aliphatic heterocycles. The SMILES string of the molecule is CC(C)(C)C(=O)C(NC(=O)CC1CC2CCC1O2)C(C)(C)C.CC(C)(C)C(=O)C(O)C(C)(C)C.CC1(C)CCC(CC(=O)NC(C(=O)C(C)(C)C)C(C)(C)C)CC1.CC1(CC(=O)NC(C(=O)C(C)(C)C)C(C)(C)C)CCOCC1.CC1CC(CC(=O)NC(C(=O)C(C)(C)C)C(C)(C)C)CC(C)O1. The summed E-state index contributed by atoms with van der Waals surface area (Å²) in [5.41, 5.74) is -3.38. The molecule has 10 unspecified atom stereocenters. The zero-order chi connectivity index (χ0) is 80.1. The molecule has 17 heteroatoms. The number of carbonyl (C=O) groups is 9. The van der Waals surface area contributed by atoms with Gasteiger partial charge in [-0.15, -0.1) is 0 Å². The third kappa shape index (κ3) is 33.9. The minimum absolute atomic E-state index is 0.0151. The van der Waals surface area contributed by atoms with Crippen molar-refractivity contribution < 1.29 is 62.5 Å². The Morgan fingerprint density at radius 2 is 0.696 bits per heavy atom. The van der Waals surface area contributed by atoms with Gasteiger partial charge in [0.05, 0.1) is 48.6 Å². The summed E-state index contributed by atoms with van der Waals surface area (Å²) in [6.45, 7) is 70.3. The first kappa shape index (κ1) is 96.1. The van der Waals surface area contributed by atoms with E-state index in [1.165, 1.54) is 12.8 Å². The van der Waals surface area contributed by atoms with Crippen molar-refractivity contribution in [3.63, 3.8) is 0 Å². The Bertz CT molecular complexity index is 2720. The van der Waals surface area contributed by atoms with Gasteiger partial charge in [-0.25, -0.2) is 0 Å². The zero-order valence-electron chi connectivity index (χ0n) is 71.8. The van der Waals surface area contributed by atoms with Gasteiger partial charge in [-0.2, -0.15) is 0 Å². The van der Waals surface area contributed by atoms with Crippen molar-refractivity contribution >= 4 is 52.5 Å². The smallest absolute Gasteiger partial charge is 0.221 e. The Hall–Kier alpha value is -3.93. The van der Waals surface area contributed by atoms with Crippen molar-refractivity contribution in [1.29, 1.82) is 0 Å². The van der Waals surface area contributed by atoms with Crippen molar-refractivity contribution in [1.82, 2.24) is 21.3 Å². The predicted molar refractivity (Wildman–Crippen MR) is 414 cm³/mol. The number of hydrogen-bond donors (Lipinski definition) is 5. The molecule has 1 saturated carbocycles. The number of carbonyl (C=O) groups excluding carboxylic acids is 9. The highest BCUT2D eigenvalue weighted by molar-refractivity contribution is 5.95. The monoisotopic (exact) mass is 1440 g/mol. The molecule has 0 aromatic rings. The Morgan fingerprint density at radius 3 is 0.971 bits per heavy atom. The standard InChI is InChI=1S/C20H37NO2.C19H35NO3.C18H31NO3.C18H33NO3.C10H20O2/c1-18(2,3)16(17(23)19(4,5)6)21-15(22)13-14-9-11-20(7,8)12-10-14;1-12-9-14(10-13(2)23-12)11-15(21)20-16(18(3,4)5)17(22)19(6,7)8;1-17(2,3)15(16(21)18(4,5)6)19-14(20)10-11-9-12-7-8-13(11)22-12;1-16(2,3)14(15(21)17(4,5)6)19-13(20)12-18(7)8-10-22-11-9-18;1-9(2,3)7(11)8(12)10(4,5)6/h14,16H,9-13H2,1-8H3,(H,21,22);12-14,16H,9-11H2,1-8H3,(H,20,21);11-13,15H,7-10H2,1-6H3,(H,19,20);14H,8-12H2,1-7H3,(H,19,20);7,11H,1-6H3. The molecule has 0 aromatic carbocycles. The van der Waals surface area contributed by atoms with Crippen LogP contribution in [0.5, 0.6) is 0 Å². The van der Waals surface area contributed by atoms with Crippen LogP contribution < -0.4 is 21.3 Å². The molecule has 1 aliphatic carbocycles. The highest BCUT2D eigenvalue weighted by Crippen LogP contribution is 2.42. The Kier molecular flexibility index (Phi) is 35.1. The van der Waals surface area contributed by atoms with Gasteiger partial charge < -0.3 is 40.6 Å². The predicted octanol–water partition coefficient (Wildman–Crippen LogP) is 16.9. The molecule has 0 spiro atoms. The van der Waals surface area contributed by atoms with Crippen LogP contribution in [-0.4, -0.2) is 126 Å². The van der Waals surface area contributed by atoms with Gasteiger partial charge in [-0.3, -0.25) is 43.2 Å². The number of aliphatic hydroxyl groups is 1. The fraction of sp³-hybridized carbons (Fsp3) is 0.894. The summed E-state index contributed by atoms with van der Waals surface area (Å²) < 4.78 is 16.9. The number of ketones is 5. The number of fused-ring (bicyclic) bond motifs is 2. The van der Waals surface area contributed by atoms with E-state index in [0.29, 0.717) is 68.2 Å². The van der Waals surface area contributed by atoms with Crippen molar-refractivity contribution in [2.45, 2.75) is 393 Å². The Morgan fingerprint density at radius 1 is 0.382 bits per heavy atom. The fourth-order valence-electron chi connectivity index (χ4n) is 13.6. The summed E-state index contributed by atoms with van der Waals surface area (Å²) in [5, 5.41) is 21.7. The van der Waals surface area contributed by atoms with E-state index in [-0.39, 0.29) is 103 Å². The maximum Gasteiger partial charge on any atom is 0.221 e. The number of hydrogen-bond acceptors (Lipinski definition) is 13. The van der Waals surface area contributed by atoms with Crippen LogP contribution >= 0.6 is 0 Å². The molecule has 5 rings (SSSR count). The van der Waals surface area contributed by atoms with Gasteiger partial charge in [-0.05, 0) is 140 Å². The van der Waals surface area contributed by atoms with Crippen molar-refractivity contribution in [2.75, 3.05) is 13.2 Å². The maximum absolute atomic E-state index is 12.7. The minimum Gasteiger partial charge on any atom is -0.385 e. The molecule has 102 heavy (non-hydrogen) atoms. The van der Waals surface area contributed by atoms with Crippen LogP contribution in [0.4, 0.5) is 0 Å². The molecule has 2 bridgehead atoms. The molecule has 5 fully saturated rings. The van der Waals surface area contributed by atoms with Crippen LogP contribution in [0.25, 0.3) is 0 Å². The third-order valence-corrected chi connectivity index (χ3v) is 20.7. The summed E-state index contributed by atoms with van der Waals surface area (Å²) >= 11 is 0. The lowest BCUT2D eigenvalue weighted by atomic mass is 9.72. The summed E-state index contributed by atoms with van der Waals surface area (Å²) in [6, 6.07) is -1.78. The van der Waals surface area contributed by atoms with Gasteiger partial charge in [0.2, 0.25) is 23.6 Å².